The maximum absolute atomic E-state index is 11.8. The molecule has 1 aromatic carbocycles. The van der Waals surface area contributed by atoms with Crippen LogP contribution in [0.1, 0.15) is 70.8 Å². The summed E-state index contributed by atoms with van der Waals surface area (Å²) in [6, 6.07) is 7.96. The molecule has 0 aromatic heterocycles. The number of piperidine rings is 2. The highest BCUT2D eigenvalue weighted by molar-refractivity contribution is 5.99. The number of carbonyl (C=O) groups excluding carboxylic acids is 3. The topological polar surface area (TPSA) is 84.9 Å². The number of ether oxygens (including phenoxy) is 2. The number of benzene rings is 1. The number of esters is 1. The molecular formula is C24H34N2O5. The molecule has 2 heterocycles. The standard InChI is InChI=1S/C24H34N2O5/c1-24(2,3)31-22(28)5-4-14-26-15-12-18(13-16-26)17-6-8-19(9-7-17)30-20-10-11-21(27)25-23(20)29/h6-9,18,20H,4-5,10-16H2,1-3H3,(H,25,27,29)/t20-/m0/s1. The van der Waals surface area contributed by atoms with Crippen LogP contribution in [0.25, 0.3) is 0 Å². The monoisotopic (exact) mass is 430 g/mol. The molecular weight excluding hydrogens is 396 g/mol. The molecule has 31 heavy (non-hydrogen) atoms. The van der Waals surface area contributed by atoms with Gasteiger partial charge in [0.15, 0.2) is 6.10 Å². The summed E-state index contributed by atoms with van der Waals surface area (Å²) in [5.41, 5.74) is 0.863. The summed E-state index contributed by atoms with van der Waals surface area (Å²) in [7, 11) is 0. The number of rotatable bonds is 7. The van der Waals surface area contributed by atoms with Crippen LogP contribution in [0, 0.1) is 0 Å². The van der Waals surface area contributed by atoms with Crippen molar-refractivity contribution in [1.82, 2.24) is 10.2 Å². The Bertz CT molecular complexity index is 776. The predicted octanol–water partition coefficient (Wildman–Crippen LogP) is 3.17. The number of amides is 2. The average molecular weight is 431 g/mol. The highest BCUT2D eigenvalue weighted by Gasteiger charge is 2.28. The number of hydrogen-bond acceptors (Lipinski definition) is 6. The highest BCUT2D eigenvalue weighted by atomic mass is 16.6. The summed E-state index contributed by atoms with van der Waals surface area (Å²) in [5, 5.41) is 2.31. The molecule has 0 saturated carbocycles. The SMILES string of the molecule is CC(C)(C)OC(=O)CCCN1CCC(c2ccc(O[C@H]3CCC(=O)NC3=O)cc2)CC1. The van der Waals surface area contributed by atoms with Gasteiger partial charge >= 0.3 is 5.97 Å². The van der Waals surface area contributed by atoms with Crippen LogP contribution in [-0.2, 0) is 19.1 Å². The molecule has 1 N–H and O–H groups in total. The largest absolute Gasteiger partial charge is 0.481 e. The fourth-order valence-electron chi connectivity index (χ4n) is 4.10. The number of carbonyl (C=O) groups is 3. The van der Waals surface area contributed by atoms with Crippen molar-refractivity contribution < 1.29 is 23.9 Å². The quantitative estimate of drug-likeness (QED) is 0.528. The van der Waals surface area contributed by atoms with Crippen molar-refractivity contribution in [3.8, 4) is 5.75 Å². The Morgan fingerprint density at radius 3 is 2.39 bits per heavy atom. The van der Waals surface area contributed by atoms with Gasteiger partial charge in [-0.3, -0.25) is 19.7 Å². The average Bonchev–Trinajstić information content (AvgIpc) is 2.70. The van der Waals surface area contributed by atoms with Crippen molar-refractivity contribution >= 4 is 17.8 Å². The molecule has 7 heteroatoms. The zero-order valence-corrected chi connectivity index (χ0v) is 18.8. The number of imide groups is 1. The molecule has 0 bridgehead atoms. The van der Waals surface area contributed by atoms with Gasteiger partial charge in [-0.25, -0.2) is 0 Å². The molecule has 1 aromatic rings. The van der Waals surface area contributed by atoms with E-state index in [1.807, 2.05) is 32.9 Å². The molecule has 0 radical (unpaired) electrons. The normalized spacial score (nSPS) is 20.9. The molecule has 7 nitrogen and oxygen atoms in total. The molecule has 2 amide bonds. The second-order valence-electron chi connectivity index (χ2n) is 9.43. The Labute approximate surface area is 184 Å². The summed E-state index contributed by atoms with van der Waals surface area (Å²) in [4.78, 5) is 37.3. The first kappa shape index (κ1) is 23.3. The van der Waals surface area contributed by atoms with Gasteiger partial charge in [0.1, 0.15) is 11.4 Å². The number of likely N-dealkylation sites (tertiary alicyclic amines) is 1. The van der Waals surface area contributed by atoms with Crippen LogP contribution in [0.3, 0.4) is 0 Å². The first-order valence-corrected chi connectivity index (χ1v) is 11.2. The minimum atomic E-state index is -0.604. The molecule has 2 saturated heterocycles. The molecule has 0 aliphatic carbocycles. The zero-order valence-electron chi connectivity index (χ0n) is 18.8. The number of nitrogens with zero attached hydrogens (tertiary/aromatic N) is 1. The Morgan fingerprint density at radius 1 is 1.10 bits per heavy atom. The Balaban J connectivity index is 1.39. The van der Waals surface area contributed by atoms with Gasteiger partial charge < -0.3 is 14.4 Å². The minimum Gasteiger partial charge on any atom is -0.481 e. The van der Waals surface area contributed by atoms with Crippen LogP contribution in [0.4, 0.5) is 0 Å². The van der Waals surface area contributed by atoms with E-state index in [1.54, 1.807) is 0 Å². The van der Waals surface area contributed by atoms with Crippen LogP contribution >= 0.6 is 0 Å². The molecule has 0 spiro atoms. The van der Waals surface area contributed by atoms with Crippen molar-refractivity contribution in [1.29, 1.82) is 0 Å². The molecule has 2 fully saturated rings. The van der Waals surface area contributed by atoms with E-state index in [9.17, 15) is 14.4 Å². The Hall–Kier alpha value is -2.41. The first-order chi connectivity index (χ1) is 14.7. The lowest BCUT2D eigenvalue weighted by molar-refractivity contribution is -0.155. The summed E-state index contributed by atoms with van der Waals surface area (Å²) >= 11 is 0. The van der Waals surface area contributed by atoms with E-state index in [2.05, 4.69) is 22.3 Å². The molecule has 1 atom stereocenters. The Kier molecular flexibility index (Phi) is 7.70. The second kappa shape index (κ2) is 10.3. The van der Waals surface area contributed by atoms with E-state index >= 15 is 0 Å². The molecule has 2 aliphatic heterocycles. The number of nitrogens with one attached hydrogen (secondary N) is 1. The van der Waals surface area contributed by atoms with Crippen LogP contribution in [0.5, 0.6) is 5.75 Å². The van der Waals surface area contributed by atoms with Gasteiger partial charge in [0.25, 0.3) is 5.91 Å². The van der Waals surface area contributed by atoms with Crippen molar-refractivity contribution in [2.24, 2.45) is 0 Å². The zero-order chi connectivity index (χ0) is 22.4. The lowest BCUT2D eigenvalue weighted by atomic mass is 9.89. The highest BCUT2D eigenvalue weighted by Crippen LogP contribution is 2.30. The van der Waals surface area contributed by atoms with Gasteiger partial charge in [0.2, 0.25) is 5.91 Å². The van der Waals surface area contributed by atoms with Crippen molar-refractivity contribution in [2.45, 2.75) is 76.9 Å². The first-order valence-electron chi connectivity index (χ1n) is 11.2. The van der Waals surface area contributed by atoms with E-state index in [0.717, 1.165) is 38.9 Å². The molecule has 0 unspecified atom stereocenters. The Morgan fingerprint density at radius 2 is 1.77 bits per heavy atom. The van der Waals surface area contributed by atoms with E-state index in [4.69, 9.17) is 9.47 Å². The molecule has 170 valence electrons. The second-order valence-corrected chi connectivity index (χ2v) is 9.43. The van der Waals surface area contributed by atoms with E-state index in [1.165, 1.54) is 5.56 Å². The third-order valence-corrected chi connectivity index (χ3v) is 5.68. The van der Waals surface area contributed by atoms with Gasteiger partial charge in [-0.05, 0) is 83.3 Å². The van der Waals surface area contributed by atoms with Crippen molar-refractivity contribution in [3.63, 3.8) is 0 Å². The maximum atomic E-state index is 11.8. The lowest BCUT2D eigenvalue weighted by Gasteiger charge is -2.32. The van der Waals surface area contributed by atoms with E-state index in [0.29, 0.717) is 30.9 Å². The third kappa shape index (κ3) is 7.35. The van der Waals surface area contributed by atoms with Crippen molar-refractivity contribution in [2.75, 3.05) is 19.6 Å². The van der Waals surface area contributed by atoms with Crippen LogP contribution < -0.4 is 10.1 Å². The minimum absolute atomic E-state index is 0.123. The van der Waals surface area contributed by atoms with Gasteiger partial charge in [0.05, 0.1) is 0 Å². The van der Waals surface area contributed by atoms with E-state index in [-0.39, 0.29) is 17.8 Å². The predicted molar refractivity (Wildman–Crippen MR) is 117 cm³/mol. The van der Waals surface area contributed by atoms with Crippen molar-refractivity contribution in [3.05, 3.63) is 29.8 Å². The maximum Gasteiger partial charge on any atom is 0.306 e. The van der Waals surface area contributed by atoms with Gasteiger partial charge in [-0.1, -0.05) is 12.1 Å². The van der Waals surface area contributed by atoms with Gasteiger partial charge in [0, 0.05) is 19.3 Å². The smallest absolute Gasteiger partial charge is 0.306 e. The summed E-state index contributed by atoms with van der Waals surface area (Å²) < 4.78 is 11.1. The molecule has 3 rings (SSSR count). The van der Waals surface area contributed by atoms with E-state index < -0.39 is 11.7 Å². The fourth-order valence-corrected chi connectivity index (χ4v) is 4.10. The molecule has 2 aliphatic rings. The summed E-state index contributed by atoms with van der Waals surface area (Å²) in [6.45, 7) is 8.64. The van der Waals surface area contributed by atoms with Gasteiger partial charge in [-0.15, -0.1) is 0 Å². The van der Waals surface area contributed by atoms with Crippen LogP contribution in [0.2, 0.25) is 0 Å². The van der Waals surface area contributed by atoms with Crippen LogP contribution in [0.15, 0.2) is 24.3 Å². The number of hydrogen-bond donors (Lipinski definition) is 1. The van der Waals surface area contributed by atoms with Gasteiger partial charge in [-0.2, -0.15) is 0 Å². The summed E-state index contributed by atoms with van der Waals surface area (Å²) in [6.07, 6.45) is 3.58. The van der Waals surface area contributed by atoms with Crippen LogP contribution in [-0.4, -0.2) is 54.0 Å². The third-order valence-electron chi connectivity index (χ3n) is 5.68. The lowest BCUT2D eigenvalue weighted by Crippen LogP contribution is -2.46. The fraction of sp³-hybridized carbons (Fsp3) is 0.625. The summed E-state index contributed by atoms with van der Waals surface area (Å²) in [5.74, 6) is 0.433.